The van der Waals surface area contributed by atoms with Gasteiger partial charge in [-0.05, 0) is 37.1 Å². The molecule has 36 heavy (non-hydrogen) atoms. The van der Waals surface area contributed by atoms with Crippen molar-refractivity contribution >= 4 is 45.7 Å². The number of hydrogen-bond donors (Lipinski definition) is 1. The van der Waals surface area contributed by atoms with Crippen LogP contribution in [0, 0.1) is 0 Å². The predicted molar refractivity (Wildman–Crippen MR) is 135 cm³/mol. The summed E-state index contributed by atoms with van der Waals surface area (Å²) in [7, 11) is 1.71. The van der Waals surface area contributed by atoms with Crippen molar-refractivity contribution < 1.29 is 9.47 Å². The van der Waals surface area contributed by atoms with E-state index in [9.17, 15) is 0 Å². The van der Waals surface area contributed by atoms with Gasteiger partial charge in [-0.15, -0.1) is 0 Å². The van der Waals surface area contributed by atoms with Gasteiger partial charge in [-0.3, -0.25) is 0 Å². The molecule has 5 aromatic rings. The molecule has 1 aromatic carbocycles. The Labute approximate surface area is 211 Å². The molecule has 1 unspecified atom stereocenters. The summed E-state index contributed by atoms with van der Waals surface area (Å²) in [4.78, 5) is 24.4. The molecule has 0 amide bonds. The number of anilines is 3. The molecular weight excluding hydrogens is 482 g/mol. The van der Waals surface area contributed by atoms with Crippen LogP contribution >= 0.6 is 11.6 Å². The number of nitrogens with one attached hydrogen (secondary N) is 1. The first-order chi connectivity index (χ1) is 17.7. The summed E-state index contributed by atoms with van der Waals surface area (Å²) in [5.41, 5.74) is 2.69. The number of methoxy groups -OCH3 is 1. The first-order valence-corrected chi connectivity index (χ1v) is 11.8. The van der Waals surface area contributed by atoms with Gasteiger partial charge in [0.25, 0.3) is 0 Å². The van der Waals surface area contributed by atoms with E-state index in [1.807, 2.05) is 6.07 Å². The smallest absolute Gasteiger partial charge is 0.226 e. The lowest BCUT2D eigenvalue weighted by atomic mass is 10.2. The van der Waals surface area contributed by atoms with Crippen LogP contribution in [-0.4, -0.2) is 60.8 Å². The van der Waals surface area contributed by atoms with Crippen LogP contribution in [0.4, 0.5) is 17.5 Å². The molecule has 11 nitrogen and oxygen atoms in total. The van der Waals surface area contributed by atoms with Crippen LogP contribution in [0.1, 0.15) is 12.8 Å². The zero-order valence-electron chi connectivity index (χ0n) is 19.4. The molecule has 1 aliphatic heterocycles. The number of fused-ring (bicyclic) bond motifs is 2. The fourth-order valence-corrected chi connectivity index (χ4v) is 4.54. The van der Waals surface area contributed by atoms with Crippen molar-refractivity contribution in [2.45, 2.75) is 18.9 Å². The highest BCUT2D eigenvalue weighted by molar-refractivity contribution is 6.32. The van der Waals surface area contributed by atoms with Gasteiger partial charge in [0.05, 0.1) is 23.9 Å². The third kappa shape index (κ3) is 4.34. The summed E-state index contributed by atoms with van der Waals surface area (Å²) in [6.07, 6.45) is 8.59. The Bertz CT molecular complexity index is 1540. The van der Waals surface area contributed by atoms with Crippen molar-refractivity contribution in [3.8, 4) is 11.5 Å². The number of aromatic nitrogens is 7. The monoisotopic (exact) mass is 503 g/mol. The van der Waals surface area contributed by atoms with Crippen molar-refractivity contribution in [3.05, 3.63) is 60.4 Å². The lowest BCUT2D eigenvalue weighted by molar-refractivity contribution is 0.180. The molecule has 5 heterocycles. The van der Waals surface area contributed by atoms with Crippen LogP contribution in [0.3, 0.4) is 0 Å². The fourth-order valence-electron chi connectivity index (χ4n) is 4.32. The van der Waals surface area contributed by atoms with Crippen molar-refractivity contribution in [2.24, 2.45) is 0 Å². The van der Waals surface area contributed by atoms with Gasteiger partial charge >= 0.3 is 0 Å². The van der Waals surface area contributed by atoms with E-state index in [0.717, 1.165) is 25.1 Å². The Balaban J connectivity index is 1.25. The average Bonchev–Trinajstić information content (AvgIpc) is 3.55. The maximum absolute atomic E-state index is 6.54. The lowest BCUT2D eigenvalue weighted by Gasteiger charge is -2.24. The van der Waals surface area contributed by atoms with Crippen LogP contribution in [0.25, 0.3) is 16.7 Å². The molecule has 1 fully saturated rings. The predicted octanol–water partition coefficient (Wildman–Crippen LogP) is 4.27. The molecular formula is C24H22ClN9O2. The topological polar surface area (TPSA) is 115 Å². The second-order valence-corrected chi connectivity index (χ2v) is 8.78. The summed E-state index contributed by atoms with van der Waals surface area (Å²) in [6.45, 7) is 1.52. The zero-order valence-corrected chi connectivity index (χ0v) is 20.1. The summed E-state index contributed by atoms with van der Waals surface area (Å²) < 4.78 is 13.0. The van der Waals surface area contributed by atoms with Gasteiger partial charge in [0.1, 0.15) is 35.2 Å². The quantitative estimate of drug-likeness (QED) is 0.345. The minimum absolute atomic E-state index is 0.255. The van der Waals surface area contributed by atoms with Crippen molar-refractivity contribution in [1.82, 2.24) is 34.5 Å². The van der Waals surface area contributed by atoms with Gasteiger partial charge < -0.3 is 19.7 Å². The number of nitrogens with zero attached hydrogens (tertiary/aromatic N) is 8. The van der Waals surface area contributed by atoms with Crippen molar-refractivity contribution in [1.29, 1.82) is 0 Å². The number of hydrogen-bond acceptors (Lipinski definition) is 10. The number of ether oxygens (including phenoxy) is 2. The Morgan fingerprint density at radius 3 is 2.94 bits per heavy atom. The van der Waals surface area contributed by atoms with Gasteiger partial charge in [0.2, 0.25) is 5.95 Å². The van der Waals surface area contributed by atoms with Gasteiger partial charge in [-0.1, -0.05) is 11.6 Å². The highest BCUT2D eigenvalue weighted by Crippen LogP contribution is 2.33. The van der Waals surface area contributed by atoms with E-state index in [2.05, 4.69) is 35.3 Å². The van der Waals surface area contributed by atoms with Crippen LogP contribution in [0.15, 0.2) is 55.4 Å². The molecule has 0 bridgehead atoms. The molecule has 1 saturated heterocycles. The molecule has 6 rings (SSSR count). The molecule has 1 aliphatic rings. The van der Waals surface area contributed by atoms with Gasteiger partial charge in [0, 0.05) is 31.6 Å². The normalized spacial score (nSPS) is 15.6. The second kappa shape index (κ2) is 9.51. The SMILES string of the molecule is COCC1CCCN1c1ncc2ncnc(Nc3ccc(Oc4ccn5ncnc5c4)c(Cl)c3)c2n1. The third-order valence-corrected chi connectivity index (χ3v) is 6.33. The van der Waals surface area contributed by atoms with E-state index < -0.39 is 0 Å². The van der Waals surface area contributed by atoms with E-state index in [1.165, 1.54) is 12.7 Å². The number of halogens is 1. The van der Waals surface area contributed by atoms with Crippen LogP contribution < -0.4 is 15.0 Å². The maximum Gasteiger partial charge on any atom is 0.226 e. The summed E-state index contributed by atoms with van der Waals surface area (Å²) in [6, 6.07) is 9.27. The van der Waals surface area contributed by atoms with E-state index in [4.69, 9.17) is 26.1 Å². The van der Waals surface area contributed by atoms with Gasteiger partial charge in [-0.2, -0.15) is 5.10 Å². The van der Waals surface area contributed by atoms with Crippen molar-refractivity contribution in [2.75, 3.05) is 30.5 Å². The number of benzene rings is 1. The summed E-state index contributed by atoms with van der Waals surface area (Å²) >= 11 is 6.54. The Morgan fingerprint density at radius 2 is 2.06 bits per heavy atom. The maximum atomic E-state index is 6.54. The zero-order chi connectivity index (χ0) is 24.5. The van der Waals surface area contributed by atoms with E-state index in [-0.39, 0.29) is 6.04 Å². The second-order valence-electron chi connectivity index (χ2n) is 8.37. The molecule has 0 radical (unpaired) electrons. The average molecular weight is 504 g/mol. The standard InChI is InChI=1S/C24H22ClN9O2/c1-35-12-16-3-2-7-33(16)24-26-11-19-22(32-24)23(29-13-27-19)31-15-4-5-20(18(25)9-15)36-17-6-8-34-21(10-17)28-14-30-34/h4-6,8-11,13-14,16H,2-3,7,12H2,1H3,(H,27,29,31). The van der Waals surface area contributed by atoms with Crippen LogP contribution in [0.5, 0.6) is 11.5 Å². The van der Waals surface area contributed by atoms with E-state index >= 15 is 0 Å². The first-order valence-electron chi connectivity index (χ1n) is 11.4. The van der Waals surface area contributed by atoms with E-state index in [1.54, 1.807) is 48.3 Å². The minimum atomic E-state index is 0.255. The van der Waals surface area contributed by atoms with Crippen molar-refractivity contribution in [3.63, 3.8) is 0 Å². The fraction of sp³-hybridized carbons (Fsp3) is 0.250. The molecule has 1 atom stereocenters. The summed E-state index contributed by atoms with van der Waals surface area (Å²) in [5, 5.41) is 7.83. The minimum Gasteiger partial charge on any atom is -0.456 e. The van der Waals surface area contributed by atoms with Gasteiger partial charge in [0.15, 0.2) is 11.5 Å². The Morgan fingerprint density at radius 1 is 1.11 bits per heavy atom. The summed E-state index contributed by atoms with van der Waals surface area (Å²) in [5.74, 6) is 2.33. The highest BCUT2D eigenvalue weighted by Gasteiger charge is 2.27. The molecule has 182 valence electrons. The molecule has 0 spiro atoms. The Hall–Kier alpha value is -4.09. The number of rotatable bonds is 7. The third-order valence-electron chi connectivity index (χ3n) is 6.03. The number of pyridine rings is 1. The molecule has 1 N–H and O–H groups in total. The highest BCUT2D eigenvalue weighted by atomic mass is 35.5. The molecule has 0 aliphatic carbocycles. The molecule has 12 heteroatoms. The lowest BCUT2D eigenvalue weighted by Crippen LogP contribution is -2.34. The van der Waals surface area contributed by atoms with Crippen LogP contribution in [0.2, 0.25) is 5.02 Å². The molecule has 4 aromatic heterocycles. The largest absolute Gasteiger partial charge is 0.456 e. The van der Waals surface area contributed by atoms with Crippen LogP contribution in [-0.2, 0) is 4.74 Å². The Kier molecular flexibility index (Phi) is 5.91. The van der Waals surface area contributed by atoms with Gasteiger partial charge in [-0.25, -0.2) is 29.4 Å². The first kappa shape index (κ1) is 22.4. The van der Waals surface area contributed by atoms with E-state index in [0.29, 0.717) is 51.6 Å². The molecule has 0 saturated carbocycles.